The predicted octanol–water partition coefficient (Wildman–Crippen LogP) is 4.12. The molecule has 112 valence electrons. The van der Waals surface area contributed by atoms with E-state index < -0.39 is 0 Å². The Morgan fingerprint density at radius 1 is 0.789 bits per heavy atom. The molecule has 0 aromatic carbocycles. The molecule has 0 bridgehead atoms. The van der Waals surface area contributed by atoms with E-state index in [4.69, 9.17) is 4.99 Å². The first-order valence-corrected chi connectivity index (χ1v) is 7.84. The third kappa shape index (κ3) is 7.24. The van der Waals surface area contributed by atoms with Gasteiger partial charge in [-0.25, -0.2) is 4.99 Å². The van der Waals surface area contributed by atoms with Gasteiger partial charge < -0.3 is 9.80 Å². The molecule has 0 N–H and O–H groups in total. The van der Waals surface area contributed by atoms with Crippen molar-refractivity contribution in [2.75, 3.05) is 26.2 Å². The molecule has 0 spiro atoms. The minimum absolute atomic E-state index is 0.915. The van der Waals surface area contributed by atoms with Gasteiger partial charge in [0.25, 0.3) is 0 Å². The molecule has 0 heterocycles. The van der Waals surface area contributed by atoms with Crippen LogP contribution < -0.4 is 0 Å². The van der Waals surface area contributed by atoms with Gasteiger partial charge in [0.2, 0.25) is 0 Å². The smallest absolute Gasteiger partial charge is 0.123 e. The Hall–Kier alpha value is -0.990. The molecule has 0 fully saturated rings. The van der Waals surface area contributed by atoms with Crippen molar-refractivity contribution in [3.63, 3.8) is 0 Å². The van der Waals surface area contributed by atoms with Crippen molar-refractivity contribution in [2.24, 2.45) is 4.99 Å². The van der Waals surface area contributed by atoms with Gasteiger partial charge in [0.05, 0.1) is 0 Å². The van der Waals surface area contributed by atoms with Gasteiger partial charge in [-0.15, -0.1) is 0 Å². The average Bonchev–Trinajstić information content (AvgIpc) is 2.38. The molecule has 0 atom stereocenters. The van der Waals surface area contributed by atoms with E-state index in [1.54, 1.807) is 0 Å². The molecule has 3 nitrogen and oxygen atoms in total. The number of nitrogens with zero attached hydrogens (tertiary/aromatic N) is 3. The van der Waals surface area contributed by atoms with Gasteiger partial charge in [0, 0.05) is 26.2 Å². The highest BCUT2D eigenvalue weighted by Gasteiger charge is 2.08. The van der Waals surface area contributed by atoms with Crippen molar-refractivity contribution in [1.82, 2.24) is 9.80 Å². The standard InChI is InChI=1S/C16H33N3/c1-7-11-18(12-8-2)15(5)17-16(6)19(13-9-3)14-10-4/h5,7-14H2,1-4,6H3/b17-16+. The SMILES string of the molecule is C=C(/N=C(\C)N(CCC)CCC)N(CCC)CCC. The van der Waals surface area contributed by atoms with Crippen molar-refractivity contribution in [3.8, 4) is 0 Å². The molecule has 0 aromatic rings. The molecule has 0 amide bonds. The summed E-state index contributed by atoms with van der Waals surface area (Å²) >= 11 is 0. The summed E-state index contributed by atoms with van der Waals surface area (Å²) in [5.41, 5.74) is 0. The van der Waals surface area contributed by atoms with Crippen LogP contribution in [0.5, 0.6) is 0 Å². The Morgan fingerprint density at radius 2 is 1.16 bits per heavy atom. The molecule has 0 unspecified atom stereocenters. The average molecular weight is 267 g/mol. The molecule has 0 saturated carbocycles. The van der Waals surface area contributed by atoms with Crippen LogP contribution in [-0.2, 0) is 0 Å². The Labute approximate surface area is 120 Å². The highest BCUT2D eigenvalue weighted by molar-refractivity contribution is 5.80. The normalized spacial score (nSPS) is 11.5. The largest absolute Gasteiger partial charge is 0.360 e. The van der Waals surface area contributed by atoms with Crippen molar-refractivity contribution in [3.05, 3.63) is 12.4 Å². The zero-order chi connectivity index (χ0) is 14.7. The lowest BCUT2D eigenvalue weighted by atomic mass is 10.3. The lowest BCUT2D eigenvalue weighted by molar-refractivity contribution is 0.339. The summed E-state index contributed by atoms with van der Waals surface area (Å²) in [6.07, 6.45) is 4.60. The summed E-state index contributed by atoms with van der Waals surface area (Å²) in [4.78, 5) is 9.38. The molecule has 0 aliphatic rings. The highest BCUT2D eigenvalue weighted by atomic mass is 15.3. The molecule has 0 saturated heterocycles. The van der Waals surface area contributed by atoms with Crippen LogP contribution in [0.25, 0.3) is 0 Å². The van der Waals surface area contributed by atoms with Crippen LogP contribution in [0.2, 0.25) is 0 Å². The van der Waals surface area contributed by atoms with Crippen molar-refractivity contribution < 1.29 is 0 Å². The number of hydrogen-bond donors (Lipinski definition) is 0. The summed E-state index contributed by atoms with van der Waals surface area (Å²) in [6, 6.07) is 0. The lowest BCUT2D eigenvalue weighted by Crippen LogP contribution is -2.32. The third-order valence-corrected chi connectivity index (χ3v) is 3.09. The summed E-state index contributed by atoms with van der Waals surface area (Å²) in [6.45, 7) is 19.3. The Balaban J connectivity index is 4.70. The second-order valence-electron chi connectivity index (χ2n) is 5.05. The Kier molecular flexibility index (Phi) is 10.3. The van der Waals surface area contributed by atoms with Crippen molar-refractivity contribution >= 4 is 5.84 Å². The van der Waals surface area contributed by atoms with Crippen molar-refractivity contribution in [2.45, 2.75) is 60.3 Å². The molecule has 0 aromatic heterocycles. The molecule has 19 heavy (non-hydrogen) atoms. The summed E-state index contributed by atoms with van der Waals surface area (Å²) in [5.74, 6) is 2.02. The van der Waals surface area contributed by atoms with Gasteiger partial charge in [-0.3, -0.25) is 0 Å². The van der Waals surface area contributed by atoms with Crippen LogP contribution in [0.3, 0.4) is 0 Å². The van der Waals surface area contributed by atoms with Gasteiger partial charge in [-0.05, 0) is 32.6 Å². The lowest BCUT2D eigenvalue weighted by Gasteiger charge is -2.27. The number of amidine groups is 1. The van der Waals surface area contributed by atoms with E-state index in [9.17, 15) is 0 Å². The van der Waals surface area contributed by atoms with Gasteiger partial charge >= 0.3 is 0 Å². The monoisotopic (exact) mass is 267 g/mol. The van der Waals surface area contributed by atoms with Gasteiger partial charge in [-0.1, -0.05) is 34.3 Å². The van der Waals surface area contributed by atoms with Gasteiger partial charge in [-0.2, -0.15) is 0 Å². The predicted molar refractivity (Wildman–Crippen MR) is 86.6 cm³/mol. The fraction of sp³-hybridized carbons (Fsp3) is 0.812. The fourth-order valence-corrected chi connectivity index (χ4v) is 2.21. The van der Waals surface area contributed by atoms with Crippen LogP contribution in [0, 0.1) is 0 Å². The maximum atomic E-state index is 4.73. The number of hydrogen-bond acceptors (Lipinski definition) is 2. The van der Waals surface area contributed by atoms with Gasteiger partial charge in [0.15, 0.2) is 0 Å². The summed E-state index contributed by atoms with van der Waals surface area (Å²) in [7, 11) is 0. The number of aliphatic imine (C=N–C) groups is 1. The van der Waals surface area contributed by atoms with E-state index in [-0.39, 0.29) is 0 Å². The molecule has 0 rings (SSSR count). The minimum Gasteiger partial charge on any atom is -0.360 e. The second-order valence-corrected chi connectivity index (χ2v) is 5.05. The van der Waals surface area contributed by atoms with Crippen LogP contribution in [-0.4, -0.2) is 41.8 Å². The minimum atomic E-state index is 0.915. The van der Waals surface area contributed by atoms with E-state index in [1.807, 2.05) is 0 Å². The quantitative estimate of drug-likeness (QED) is 0.438. The van der Waals surface area contributed by atoms with Crippen LogP contribution in [0.15, 0.2) is 17.4 Å². The van der Waals surface area contributed by atoms with E-state index >= 15 is 0 Å². The van der Waals surface area contributed by atoms with Crippen LogP contribution >= 0.6 is 0 Å². The summed E-state index contributed by atoms with van der Waals surface area (Å²) < 4.78 is 0. The molecule has 0 aliphatic carbocycles. The first-order chi connectivity index (χ1) is 9.10. The summed E-state index contributed by atoms with van der Waals surface area (Å²) in [5, 5.41) is 0. The maximum Gasteiger partial charge on any atom is 0.123 e. The Morgan fingerprint density at radius 3 is 1.53 bits per heavy atom. The molecular weight excluding hydrogens is 234 g/mol. The van der Waals surface area contributed by atoms with Crippen molar-refractivity contribution in [1.29, 1.82) is 0 Å². The third-order valence-electron chi connectivity index (χ3n) is 3.09. The van der Waals surface area contributed by atoms with E-state index in [0.29, 0.717) is 0 Å². The van der Waals surface area contributed by atoms with Crippen LogP contribution in [0.4, 0.5) is 0 Å². The molecule has 0 aliphatic heterocycles. The first kappa shape index (κ1) is 18.0. The highest BCUT2D eigenvalue weighted by Crippen LogP contribution is 2.08. The van der Waals surface area contributed by atoms with Crippen LogP contribution in [0.1, 0.15) is 60.3 Å². The number of rotatable bonds is 10. The maximum absolute atomic E-state index is 4.73. The molecule has 3 heteroatoms. The van der Waals surface area contributed by atoms with E-state index in [1.165, 1.54) is 0 Å². The second kappa shape index (κ2) is 10.9. The topological polar surface area (TPSA) is 18.8 Å². The molecule has 0 radical (unpaired) electrons. The fourth-order valence-electron chi connectivity index (χ4n) is 2.21. The van der Waals surface area contributed by atoms with E-state index in [2.05, 4.69) is 51.0 Å². The zero-order valence-corrected chi connectivity index (χ0v) is 13.7. The first-order valence-electron chi connectivity index (χ1n) is 7.84. The zero-order valence-electron chi connectivity index (χ0n) is 13.7. The van der Waals surface area contributed by atoms with E-state index in [0.717, 1.165) is 63.5 Å². The molecular formula is C16H33N3. The Bertz CT molecular complexity index is 259. The van der Waals surface area contributed by atoms with Gasteiger partial charge in [0.1, 0.15) is 11.7 Å².